The molecule has 3 aromatic rings. The molecule has 13 heteroatoms. The number of hydrogen-bond donors (Lipinski definition) is 4. The Labute approximate surface area is 233 Å². The second kappa shape index (κ2) is 10.4. The second-order valence-electron chi connectivity index (χ2n) is 7.99. The number of nitrogens with one attached hydrogen (secondary N) is 3. The van der Waals surface area contributed by atoms with Crippen molar-refractivity contribution in [2.75, 3.05) is 21.7 Å². The predicted molar refractivity (Wildman–Crippen MR) is 130 cm³/mol. The molecule has 0 unspecified atom stereocenters. The zero-order valence-electron chi connectivity index (χ0n) is 20.0. The fourth-order valence-electron chi connectivity index (χ4n) is 3.99. The van der Waals surface area contributed by atoms with E-state index in [2.05, 4.69) is 16.0 Å². The summed E-state index contributed by atoms with van der Waals surface area (Å²) >= 11 is 0. The van der Waals surface area contributed by atoms with Crippen molar-refractivity contribution in [2.45, 2.75) is 18.7 Å². The molecule has 0 saturated carbocycles. The van der Waals surface area contributed by atoms with E-state index in [1.807, 2.05) is 0 Å². The third-order valence-electron chi connectivity index (χ3n) is 5.38. The Kier molecular flexibility index (Phi) is 7.91. The van der Waals surface area contributed by atoms with Crippen LogP contribution in [0.4, 0.5) is 28.4 Å². The molecule has 0 heterocycles. The van der Waals surface area contributed by atoms with Crippen LogP contribution < -0.4 is 51.2 Å². The van der Waals surface area contributed by atoms with E-state index in [9.17, 15) is 32.1 Å². The molecule has 1 aliphatic carbocycles. The molecule has 0 saturated heterocycles. The number of hydrogen-bond acceptors (Lipinski definition) is 9. The zero-order chi connectivity index (χ0) is 26.4. The number of nitrogens with two attached hydrogens (primary N) is 1. The van der Waals surface area contributed by atoms with E-state index in [-0.39, 0.29) is 63.5 Å². The van der Waals surface area contributed by atoms with Crippen LogP contribution >= 0.6 is 0 Å². The predicted octanol–water partition coefficient (Wildman–Crippen LogP) is -0.387. The van der Waals surface area contributed by atoms with Gasteiger partial charge < -0.3 is 26.2 Å². The summed E-state index contributed by atoms with van der Waals surface area (Å²) in [5.41, 5.74) is 5.23. The van der Waals surface area contributed by atoms with Crippen LogP contribution in [0.5, 0.6) is 0 Å². The van der Waals surface area contributed by atoms with Gasteiger partial charge in [-0.25, -0.2) is 8.42 Å². The Hall–Kier alpha value is -3.55. The van der Waals surface area contributed by atoms with Crippen LogP contribution in [0.15, 0.2) is 53.4 Å². The molecular weight excluding hydrogens is 511 g/mol. The van der Waals surface area contributed by atoms with Crippen molar-refractivity contribution in [1.82, 2.24) is 0 Å². The summed E-state index contributed by atoms with van der Waals surface area (Å²) in [6.07, 6.45) is 0. The molecule has 0 spiro atoms. The van der Waals surface area contributed by atoms with Gasteiger partial charge in [-0.15, -0.1) is 0 Å². The molecule has 11 nitrogen and oxygen atoms in total. The molecule has 0 atom stereocenters. The van der Waals surface area contributed by atoms with E-state index in [1.54, 1.807) is 12.1 Å². The molecule has 37 heavy (non-hydrogen) atoms. The number of rotatable bonds is 5. The Morgan fingerprint density at radius 2 is 1.41 bits per heavy atom. The molecule has 0 aliphatic heterocycles. The van der Waals surface area contributed by atoms with E-state index in [0.717, 1.165) is 6.07 Å². The van der Waals surface area contributed by atoms with Crippen molar-refractivity contribution in [3.8, 4) is 0 Å². The standard InChI is InChI=1S/C24H20N4O7S.Na/c1-11(29)26-13-6-8-14(9-7-13)28-17-10-18(36(33,34)35)22(25)21-20(17)24(32)19-15(23(21)31)4-3-5-16(19)27-12(2)30;/h3-10,28H,25H2,1-2H3,(H,26,29)(H,27,30)(H,33,34,35);/q;+1/p-1. The minimum atomic E-state index is -5.13. The summed E-state index contributed by atoms with van der Waals surface area (Å²) in [5.74, 6) is -2.24. The van der Waals surface area contributed by atoms with Crippen molar-refractivity contribution in [1.29, 1.82) is 0 Å². The van der Waals surface area contributed by atoms with E-state index >= 15 is 0 Å². The van der Waals surface area contributed by atoms with Gasteiger partial charge in [-0.1, -0.05) is 12.1 Å². The average molecular weight is 530 g/mol. The summed E-state index contributed by atoms with van der Waals surface area (Å²) < 4.78 is 35.9. The first-order chi connectivity index (χ1) is 16.9. The van der Waals surface area contributed by atoms with Gasteiger partial charge in [0, 0.05) is 30.8 Å². The van der Waals surface area contributed by atoms with Gasteiger partial charge >= 0.3 is 29.6 Å². The number of nitrogen functional groups attached to an aromatic ring is 1. The van der Waals surface area contributed by atoms with Gasteiger partial charge in [-0.05, 0) is 36.4 Å². The quantitative estimate of drug-likeness (QED) is 0.151. The molecule has 4 rings (SSSR count). The summed E-state index contributed by atoms with van der Waals surface area (Å²) in [7, 11) is -5.13. The SMILES string of the molecule is CC(=O)Nc1ccc(Nc2cc(S(=O)(=O)[O-])c(N)c3c2C(=O)c2c(NC(C)=O)cccc2C3=O)cc1.[Na+]. The number of benzene rings is 3. The van der Waals surface area contributed by atoms with E-state index < -0.39 is 43.7 Å². The van der Waals surface area contributed by atoms with Gasteiger partial charge in [-0.2, -0.15) is 0 Å². The van der Waals surface area contributed by atoms with Crippen molar-refractivity contribution in [3.05, 3.63) is 70.8 Å². The summed E-state index contributed by atoms with van der Waals surface area (Å²) in [6.45, 7) is 2.58. The molecule has 0 aromatic heterocycles. The maximum atomic E-state index is 13.7. The van der Waals surface area contributed by atoms with Crippen LogP contribution in [0.3, 0.4) is 0 Å². The number of amides is 2. The van der Waals surface area contributed by atoms with Gasteiger partial charge in [0.1, 0.15) is 10.1 Å². The summed E-state index contributed by atoms with van der Waals surface area (Å²) in [5, 5.41) is 7.96. The molecule has 0 radical (unpaired) electrons. The van der Waals surface area contributed by atoms with Crippen molar-refractivity contribution in [3.63, 3.8) is 0 Å². The molecule has 0 fully saturated rings. The Morgan fingerprint density at radius 1 is 0.811 bits per heavy atom. The normalized spacial score (nSPS) is 12.1. The number of carbonyl (C=O) groups excluding carboxylic acids is 4. The van der Waals surface area contributed by atoms with Crippen LogP contribution in [0.25, 0.3) is 0 Å². The molecule has 5 N–H and O–H groups in total. The van der Waals surface area contributed by atoms with Crippen LogP contribution in [0.1, 0.15) is 45.7 Å². The molecule has 2 amide bonds. The zero-order valence-corrected chi connectivity index (χ0v) is 22.8. The maximum absolute atomic E-state index is 13.7. The molecule has 0 bridgehead atoms. The molecule has 1 aliphatic rings. The summed E-state index contributed by atoms with van der Waals surface area (Å²) in [4.78, 5) is 49.2. The monoisotopic (exact) mass is 530 g/mol. The largest absolute Gasteiger partial charge is 1.00 e. The van der Waals surface area contributed by atoms with Crippen LogP contribution in [-0.4, -0.2) is 36.4 Å². The average Bonchev–Trinajstić information content (AvgIpc) is 2.78. The molecular formula is C24H19N4NaO7S. The maximum Gasteiger partial charge on any atom is 1.00 e. The summed E-state index contributed by atoms with van der Waals surface area (Å²) in [6, 6.07) is 11.3. The van der Waals surface area contributed by atoms with Crippen LogP contribution in [0.2, 0.25) is 0 Å². The number of fused-ring (bicyclic) bond motifs is 2. The van der Waals surface area contributed by atoms with Gasteiger partial charge in [0.05, 0.1) is 38.6 Å². The first-order valence-corrected chi connectivity index (χ1v) is 11.9. The van der Waals surface area contributed by atoms with Crippen LogP contribution in [-0.2, 0) is 19.7 Å². The first-order valence-electron chi connectivity index (χ1n) is 10.5. The Balaban J connectivity index is 0.00000380. The van der Waals surface area contributed by atoms with Gasteiger partial charge in [-0.3, -0.25) is 19.2 Å². The third-order valence-corrected chi connectivity index (χ3v) is 6.26. The fourth-order valence-corrected chi connectivity index (χ4v) is 4.62. The number of ketones is 2. The van der Waals surface area contributed by atoms with Gasteiger partial charge in [0.15, 0.2) is 11.6 Å². The van der Waals surface area contributed by atoms with Gasteiger partial charge in [0.2, 0.25) is 11.8 Å². The smallest absolute Gasteiger partial charge is 0.744 e. The number of anilines is 5. The van der Waals surface area contributed by atoms with E-state index in [0.29, 0.717) is 11.4 Å². The molecule has 184 valence electrons. The fraction of sp³-hybridized carbons (Fsp3) is 0.0833. The molecule has 3 aromatic carbocycles. The Morgan fingerprint density at radius 3 is 1.97 bits per heavy atom. The van der Waals surface area contributed by atoms with Crippen LogP contribution in [0, 0.1) is 0 Å². The van der Waals surface area contributed by atoms with E-state index in [4.69, 9.17) is 5.73 Å². The van der Waals surface area contributed by atoms with Crippen molar-refractivity contribution in [2.24, 2.45) is 0 Å². The number of carbonyl (C=O) groups is 4. The van der Waals surface area contributed by atoms with Gasteiger partial charge in [0.25, 0.3) is 0 Å². The van der Waals surface area contributed by atoms with Crippen molar-refractivity contribution >= 4 is 61.9 Å². The topological polar surface area (TPSA) is 188 Å². The van der Waals surface area contributed by atoms with E-state index in [1.165, 1.54) is 44.2 Å². The second-order valence-corrected chi connectivity index (χ2v) is 9.34. The third kappa shape index (κ3) is 5.43. The minimum absolute atomic E-state index is 0. The minimum Gasteiger partial charge on any atom is -0.744 e. The Bertz CT molecular complexity index is 1590. The first kappa shape index (κ1) is 28.0. The van der Waals surface area contributed by atoms with Crippen molar-refractivity contribution < 1.29 is 61.7 Å².